The van der Waals surface area contributed by atoms with E-state index in [1.165, 1.54) is 0 Å². The Bertz CT molecular complexity index is 1170. The standard InChI is InChI=1S/C25H30N6O2/c1-16-17(2)29-31(19(16)4)15-23(32)30-13-9-8-12-22(30)24-26-14-21(18(3)27-24)25(33)28-20-10-6-5-7-11-20/h5-7,10-11,14,22H,8-9,12-13,15H2,1-4H3,(H,28,33)/t22-/m0/s1. The SMILES string of the molecule is Cc1nc([C@@H]2CCCCN2C(=O)Cn2nc(C)c(C)c2C)ncc1C(=O)Nc1ccccc1. The topological polar surface area (TPSA) is 93.0 Å². The van der Waals surface area contributed by atoms with Gasteiger partial charge >= 0.3 is 0 Å². The maximum absolute atomic E-state index is 13.2. The van der Waals surface area contributed by atoms with Gasteiger partial charge in [-0.05, 0) is 64.7 Å². The maximum atomic E-state index is 13.2. The molecule has 1 aromatic carbocycles. The summed E-state index contributed by atoms with van der Waals surface area (Å²) in [6.07, 6.45) is 4.33. The summed E-state index contributed by atoms with van der Waals surface area (Å²) >= 11 is 0. The molecule has 0 unspecified atom stereocenters. The molecule has 4 rings (SSSR count). The second-order valence-electron chi connectivity index (χ2n) is 8.60. The van der Waals surface area contributed by atoms with E-state index in [0.717, 1.165) is 41.9 Å². The van der Waals surface area contributed by atoms with Gasteiger partial charge in [0.2, 0.25) is 5.91 Å². The Morgan fingerprint density at radius 3 is 2.48 bits per heavy atom. The van der Waals surface area contributed by atoms with Crippen molar-refractivity contribution < 1.29 is 9.59 Å². The van der Waals surface area contributed by atoms with Crippen LogP contribution in [0.25, 0.3) is 0 Å². The minimum atomic E-state index is -0.248. The highest BCUT2D eigenvalue weighted by Crippen LogP contribution is 2.29. The molecule has 0 saturated carbocycles. The van der Waals surface area contributed by atoms with Crippen molar-refractivity contribution in [1.82, 2.24) is 24.6 Å². The molecule has 1 aliphatic heterocycles. The van der Waals surface area contributed by atoms with Gasteiger partial charge in [0.25, 0.3) is 5.91 Å². The van der Waals surface area contributed by atoms with E-state index in [9.17, 15) is 9.59 Å². The summed E-state index contributed by atoms with van der Waals surface area (Å²) in [5.74, 6) is 0.348. The molecule has 3 heterocycles. The van der Waals surface area contributed by atoms with Crippen LogP contribution in [-0.2, 0) is 11.3 Å². The summed E-state index contributed by atoms with van der Waals surface area (Å²) in [5.41, 5.74) is 4.81. The van der Waals surface area contributed by atoms with Crippen LogP contribution in [0.3, 0.4) is 0 Å². The number of hydrogen-bond donors (Lipinski definition) is 1. The Hall–Kier alpha value is -3.55. The number of amides is 2. The largest absolute Gasteiger partial charge is 0.331 e. The van der Waals surface area contributed by atoms with Gasteiger partial charge in [0.05, 0.1) is 23.0 Å². The van der Waals surface area contributed by atoms with Crippen molar-refractivity contribution in [2.24, 2.45) is 0 Å². The van der Waals surface area contributed by atoms with Gasteiger partial charge in [-0.1, -0.05) is 18.2 Å². The number of aromatic nitrogens is 4. The van der Waals surface area contributed by atoms with Gasteiger partial charge in [-0.15, -0.1) is 0 Å². The van der Waals surface area contributed by atoms with Crippen LogP contribution in [-0.4, -0.2) is 43.0 Å². The van der Waals surface area contributed by atoms with E-state index < -0.39 is 0 Å². The Morgan fingerprint density at radius 1 is 1.06 bits per heavy atom. The molecule has 1 atom stereocenters. The molecule has 2 amide bonds. The molecule has 0 bridgehead atoms. The zero-order valence-electron chi connectivity index (χ0n) is 19.6. The first kappa shape index (κ1) is 22.6. The second kappa shape index (κ2) is 9.52. The Labute approximate surface area is 194 Å². The minimum absolute atomic E-state index is 0.0115. The zero-order valence-corrected chi connectivity index (χ0v) is 19.6. The number of carbonyl (C=O) groups excluding carboxylic acids is 2. The lowest BCUT2D eigenvalue weighted by Crippen LogP contribution is -2.41. The normalized spacial score (nSPS) is 16.0. The summed E-state index contributed by atoms with van der Waals surface area (Å²) in [5, 5.41) is 7.39. The Kier molecular flexibility index (Phi) is 6.53. The van der Waals surface area contributed by atoms with Gasteiger partial charge in [0, 0.05) is 24.1 Å². The van der Waals surface area contributed by atoms with Crippen LogP contribution in [0.1, 0.15) is 64.1 Å². The lowest BCUT2D eigenvalue weighted by Gasteiger charge is -2.35. The molecule has 1 saturated heterocycles. The first-order valence-electron chi connectivity index (χ1n) is 11.3. The second-order valence-corrected chi connectivity index (χ2v) is 8.60. The van der Waals surface area contributed by atoms with Crippen LogP contribution in [0.4, 0.5) is 5.69 Å². The number of hydrogen-bond acceptors (Lipinski definition) is 5. The van der Waals surface area contributed by atoms with Crippen molar-refractivity contribution in [1.29, 1.82) is 0 Å². The van der Waals surface area contributed by atoms with Gasteiger partial charge in [0.1, 0.15) is 6.54 Å². The van der Waals surface area contributed by atoms with Crippen molar-refractivity contribution in [2.45, 2.75) is 59.5 Å². The molecule has 3 aromatic rings. The molecule has 0 spiro atoms. The summed E-state index contributed by atoms with van der Waals surface area (Å²) < 4.78 is 1.78. The van der Waals surface area contributed by atoms with Crippen LogP contribution in [0, 0.1) is 27.7 Å². The molecular formula is C25H30N6O2. The molecule has 2 aromatic heterocycles. The predicted octanol–water partition coefficient (Wildman–Crippen LogP) is 3.91. The molecule has 0 radical (unpaired) electrons. The van der Waals surface area contributed by atoms with Crippen LogP contribution < -0.4 is 5.32 Å². The average Bonchev–Trinajstić information content (AvgIpc) is 3.05. The fourth-order valence-electron chi connectivity index (χ4n) is 4.25. The maximum Gasteiger partial charge on any atom is 0.259 e. The smallest absolute Gasteiger partial charge is 0.259 e. The summed E-state index contributed by atoms with van der Waals surface area (Å²) in [4.78, 5) is 37.0. The summed E-state index contributed by atoms with van der Waals surface area (Å²) in [6.45, 7) is 8.64. The highest BCUT2D eigenvalue weighted by atomic mass is 16.2. The number of benzene rings is 1. The van der Waals surface area contributed by atoms with Crippen molar-refractivity contribution in [3.8, 4) is 0 Å². The van der Waals surface area contributed by atoms with Crippen molar-refractivity contribution >= 4 is 17.5 Å². The van der Waals surface area contributed by atoms with E-state index in [4.69, 9.17) is 0 Å². The van der Waals surface area contributed by atoms with Crippen LogP contribution in [0.5, 0.6) is 0 Å². The predicted molar refractivity (Wildman–Crippen MR) is 126 cm³/mol. The number of aryl methyl sites for hydroxylation is 2. The molecule has 8 nitrogen and oxygen atoms in total. The molecular weight excluding hydrogens is 416 g/mol. The monoisotopic (exact) mass is 446 g/mol. The molecule has 1 N–H and O–H groups in total. The number of nitrogens with zero attached hydrogens (tertiary/aromatic N) is 5. The fraction of sp³-hybridized carbons (Fsp3) is 0.400. The van der Waals surface area contributed by atoms with E-state index >= 15 is 0 Å². The van der Waals surface area contributed by atoms with E-state index in [1.807, 2.05) is 56.0 Å². The molecule has 1 fully saturated rings. The minimum Gasteiger partial charge on any atom is -0.331 e. The number of piperidine rings is 1. The summed E-state index contributed by atoms with van der Waals surface area (Å²) in [6, 6.07) is 9.09. The highest BCUT2D eigenvalue weighted by molar-refractivity contribution is 6.04. The molecule has 0 aliphatic carbocycles. The summed E-state index contributed by atoms with van der Waals surface area (Å²) in [7, 11) is 0. The Morgan fingerprint density at radius 2 is 1.82 bits per heavy atom. The van der Waals surface area contributed by atoms with Gasteiger partial charge in [-0.3, -0.25) is 14.3 Å². The van der Waals surface area contributed by atoms with E-state index in [0.29, 0.717) is 23.6 Å². The van der Waals surface area contributed by atoms with Crippen molar-refractivity contribution in [2.75, 3.05) is 11.9 Å². The van der Waals surface area contributed by atoms with Gasteiger partial charge in [0.15, 0.2) is 5.82 Å². The zero-order chi connectivity index (χ0) is 23.5. The van der Waals surface area contributed by atoms with Crippen LogP contribution in [0.15, 0.2) is 36.5 Å². The van der Waals surface area contributed by atoms with E-state index in [1.54, 1.807) is 17.8 Å². The lowest BCUT2D eigenvalue weighted by atomic mass is 10.0. The van der Waals surface area contributed by atoms with Gasteiger partial charge in [-0.25, -0.2) is 9.97 Å². The third kappa shape index (κ3) is 4.79. The number of anilines is 1. The van der Waals surface area contributed by atoms with Gasteiger partial charge < -0.3 is 10.2 Å². The van der Waals surface area contributed by atoms with Crippen molar-refractivity contribution in [3.05, 3.63) is 70.6 Å². The van der Waals surface area contributed by atoms with Crippen molar-refractivity contribution in [3.63, 3.8) is 0 Å². The molecule has 33 heavy (non-hydrogen) atoms. The number of carbonyl (C=O) groups is 2. The first-order valence-corrected chi connectivity index (χ1v) is 11.3. The molecule has 172 valence electrons. The van der Waals surface area contributed by atoms with Crippen LogP contribution >= 0.6 is 0 Å². The third-order valence-electron chi connectivity index (χ3n) is 6.42. The lowest BCUT2D eigenvalue weighted by molar-refractivity contribution is -0.136. The Balaban J connectivity index is 1.52. The molecule has 8 heteroatoms. The third-order valence-corrected chi connectivity index (χ3v) is 6.42. The number of para-hydroxylation sites is 1. The first-order chi connectivity index (χ1) is 15.8. The van der Waals surface area contributed by atoms with E-state index in [-0.39, 0.29) is 24.4 Å². The fourth-order valence-corrected chi connectivity index (χ4v) is 4.25. The number of likely N-dealkylation sites (tertiary alicyclic amines) is 1. The quantitative estimate of drug-likeness (QED) is 0.641. The van der Waals surface area contributed by atoms with Gasteiger partial charge in [-0.2, -0.15) is 5.10 Å². The average molecular weight is 447 g/mol. The highest BCUT2D eigenvalue weighted by Gasteiger charge is 2.31. The van der Waals surface area contributed by atoms with Crippen LogP contribution in [0.2, 0.25) is 0 Å². The molecule has 1 aliphatic rings. The van der Waals surface area contributed by atoms with E-state index in [2.05, 4.69) is 20.4 Å². The number of rotatable bonds is 5. The number of nitrogens with one attached hydrogen (secondary N) is 1.